The van der Waals surface area contributed by atoms with Gasteiger partial charge in [0.15, 0.2) is 0 Å². The van der Waals surface area contributed by atoms with Gasteiger partial charge in [0.05, 0.1) is 4.88 Å². The number of thiophene rings is 1. The maximum atomic E-state index is 12.4. The van der Waals surface area contributed by atoms with Crippen LogP contribution in [0.3, 0.4) is 0 Å². The lowest BCUT2D eigenvalue weighted by molar-refractivity contribution is 0.0768. The van der Waals surface area contributed by atoms with Gasteiger partial charge in [0, 0.05) is 23.4 Å². The largest absolute Gasteiger partial charge is 0.337 e. The monoisotopic (exact) mass is 289 g/mol. The molecule has 4 heteroatoms. The van der Waals surface area contributed by atoms with Crippen LogP contribution in [-0.4, -0.2) is 23.9 Å². The Labute approximate surface area is 122 Å². The topological polar surface area (TPSA) is 20.3 Å². The zero-order valence-corrected chi connectivity index (χ0v) is 12.2. The van der Waals surface area contributed by atoms with Gasteiger partial charge in [0.2, 0.25) is 0 Å². The smallest absolute Gasteiger partial charge is 0.263 e. The Hall–Kier alpha value is -1.26. The third-order valence-corrected chi connectivity index (χ3v) is 4.86. The molecule has 0 unspecified atom stereocenters. The molecule has 1 aromatic carbocycles. The van der Waals surface area contributed by atoms with E-state index < -0.39 is 0 Å². The molecule has 2 heterocycles. The highest BCUT2D eigenvalue weighted by molar-refractivity contribution is 7.80. The van der Waals surface area contributed by atoms with Gasteiger partial charge in [-0.25, -0.2) is 0 Å². The molecule has 0 spiro atoms. The number of amides is 1. The maximum absolute atomic E-state index is 12.4. The number of hydrogen-bond acceptors (Lipinski definition) is 3. The van der Waals surface area contributed by atoms with Crippen LogP contribution in [0.2, 0.25) is 0 Å². The summed E-state index contributed by atoms with van der Waals surface area (Å²) in [7, 11) is 0. The molecule has 2 nitrogen and oxygen atoms in total. The third kappa shape index (κ3) is 2.69. The van der Waals surface area contributed by atoms with E-state index in [-0.39, 0.29) is 5.91 Å². The van der Waals surface area contributed by atoms with Gasteiger partial charge in [-0.3, -0.25) is 4.79 Å². The molecule has 98 valence electrons. The molecule has 1 aliphatic rings. The minimum atomic E-state index is 0.137. The van der Waals surface area contributed by atoms with E-state index in [1.807, 2.05) is 16.3 Å². The molecule has 0 atom stereocenters. The Morgan fingerprint density at radius 2 is 1.79 bits per heavy atom. The van der Waals surface area contributed by atoms with Gasteiger partial charge in [-0.05, 0) is 30.0 Å². The number of thiol groups is 1. The molecule has 0 radical (unpaired) electrons. The van der Waals surface area contributed by atoms with E-state index in [0.717, 1.165) is 35.7 Å². The lowest BCUT2D eigenvalue weighted by Gasteiger charge is -2.19. The van der Waals surface area contributed by atoms with E-state index in [4.69, 9.17) is 0 Å². The van der Waals surface area contributed by atoms with E-state index in [1.54, 1.807) is 0 Å². The Balaban J connectivity index is 1.77. The van der Waals surface area contributed by atoms with Crippen molar-refractivity contribution in [1.29, 1.82) is 0 Å². The number of carbonyl (C=O) groups excluding carboxylic acids is 1. The zero-order chi connectivity index (χ0) is 13.2. The quantitative estimate of drug-likeness (QED) is 0.799. The summed E-state index contributed by atoms with van der Waals surface area (Å²) >= 11 is 5.74. The van der Waals surface area contributed by atoms with Crippen molar-refractivity contribution in [3.8, 4) is 0 Å². The predicted octanol–water partition coefficient (Wildman–Crippen LogP) is 3.28. The van der Waals surface area contributed by atoms with Gasteiger partial charge in [-0.1, -0.05) is 24.3 Å². The SMILES string of the molecule is O=C(c1cc(S)cs1)N1CCc2ccccc2CC1. The Kier molecular flexibility index (Phi) is 3.62. The fourth-order valence-corrected chi connectivity index (χ4v) is 3.58. The summed E-state index contributed by atoms with van der Waals surface area (Å²) in [5.74, 6) is 0.137. The first-order chi connectivity index (χ1) is 9.24. The molecule has 0 aliphatic carbocycles. The van der Waals surface area contributed by atoms with Crippen LogP contribution in [0.15, 0.2) is 40.6 Å². The van der Waals surface area contributed by atoms with Crippen LogP contribution in [0.1, 0.15) is 20.8 Å². The highest BCUT2D eigenvalue weighted by Gasteiger charge is 2.20. The van der Waals surface area contributed by atoms with Crippen molar-refractivity contribution in [2.75, 3.05) is 13.1 Å². The molecule has 1 aromatic heterocycles. The van der Waals surface area contributed by atoms with Crippen molar-refractivity contribution in [1.82, 2.24) is 4.90 Å². The summed E-state index contributed by atoms with van der Waals surface area (Å²) in [4.78, 5) is 16.0. The second-order valence-corrected chi connectivity index (χ2v) is 6.16. The maximum Gasteiger partial charge on any atom is 0.263 e. The first-order valence-electron chi connectivity index (χ1n) is 6.37. The van der Waals surface area contributed by atoms with E-state index in [1.165, 1.54) is 22.5 Å². The second-order valence-electron chi connectivity index (χ2n) is 4.73. The number of hydrogen-bond donors (Lipinski definition) is 1. The minimum absolute atomic E-state index is 0.137. The van der Waals surface area contributed by atoms with Gasteiger partial charge in [-0.15, -0.1) is 24.0 Å². The Bertz CT molecular complexity index is 579. The van der Waals surface area contributed by atoms with Crippen LogP contribution in [0.4, 0.5) is 0 Å². The molecule has 3 rings (SSSR count). The summed E-state index contributed by atoms with van der Waals surface area (Å²) in [6.45, 7) is 1.60. The lowest BCUT2D eigenvalue weighted by Crippen LogP contribution is -2.32. The molecule has 19 heavy (non-hydrogen) atoms. The first-order valence-corrected chi connectivity index (χ1v) is 7.70. The van der Waals surface area contributed by atoms with Crippen LogP contribution in [0.5, 0.6) is 0 Å². The summed E-state index contributed by atoms with van der Waals surface area (Å²) in [5.41, 5.74) is 2.75. The molecule has 2 aromatic rings. The molecule has 0 fully saturated rings. The van der Waals surface area contributed by atoms with Crippen molar-refractivity contribution in [3.63, 3.8) is 0 Å². The van der Waals surface area contributed by atoms with Gasteiger partial charge < -0.3 is 4.90 Å². The van der Waals surface area contributed by atoms with E-state index >= 15 is 0 Å². The fraction of sp³-hybridized carbons (Fsp3) is 0.267. The second kappa shape index (κ2) is 5.39. The first kappa shape index (κ1) is 12.8. The molecule has 0 saturated carbocycles. The van der Waals surface area contributed by atoms with Crippen LogP contribution in [0.25, 0.3) is 0 Å². The Morgan fingerprint density at radius 3 is 2.32 bits per heavy atom. The van der Waals surface area contributed by atoms with Crippen molar-refractivity contribution >= 4 is 29.9 Å². The molecule has 0 saturated heterocycles. The lowest BCUT2D eigenvalue weighted by atomic mass is 10.0. The summed E-state index contributed by atoms with van der Waals surface area (Å²) in [6.07, 6.45) is 1.89. The molecule has 1 aliphatic heterocycles. The number of benzene rings is 1. The van der Waals surface area contributed by atoms with Crippen molar-refractivity contribution in [2.45, 2.75) is 17.7 Å². The summed E-state index contributed by atoms with van der Waals surface area (Å²) in [6, 6.07) is 10.3. The number of nitrogens with zero attached hydrogens (tertiary/aromatic N) is 1. The molecule has 1 amide bonds. The van der Waals surface area contributed by atoms with Crippen LogP contribution < -0.4 is 0 Å². The van der Waals surface area contributed by atoms with Crippen LogP contribution in [-0.2, 0) is 12.8 Å². The van der Waals surface area contributed by atoms with E-state index in [2.05, 4.69) is 36.9 Å². The molecule has 0 N–H and O–H groups in total. The zero-order valence-electron chi connectivity index (χ0n) is 10.5. The average molecular weight is 289 g/mol. The van der Waals surface area contributed by atoms with Gasteiger partial charge in [0.1, 0.15) is 0 Å². The van der Waals surface area contributed by atoms with Crippen LogP contribution in [0, 0.1) is 0 Å². The fourth-order valence-electron chi connectivity index (χ4n) is 2.47. The third-order valence-electron chi connectivity index (χ3n) is 3.50. The summed E-state index contributed by atoms with van der Waals surface area (Å²) < 4.78 is 0. The highest BCUT2D eigenvalue weighted by atomic mass is 32.1. The number of rotatable bonds is 1. The standard InChI is InChI=1S/C15H15NOS2/c17-15(14-9-13(18)10-19-14)16-7-5-11-3-1-2-4-12(11)6-8-16/h1-4,9-10,18H,5-8H2. The van der Waals surface area contributed by atoms with Crippen LogP contribution >= 0.6 is 24.0 Å². The van der Waals surface area contributed by atoms with Gasteiger partial charge in [-0.2, -0.15) is 0 Å². The van der Waals surface area contributed by atoms with E-state index in [9.17, 15) is 4.79 Å². The number of fused-ring (bicyclic) bond motifs is 1. The average Bonchev–Trinajstić information content (AvgIpc) is 2.74. The van der Waals surface area contributed by atoms with Gasteiger partial charge in [0.25, 0.3) is 5.91 Å². The van der Waals surface area contributed by atoms with Crippen molar-refractivity contribution in [3.05, 3.63) is 51.7 Å². The highest BCUT2D eigenvalue weighted by Crippen LogP contribution is 2.21. The number of carbonyl (C=O) groups is 1. The normalized spacial score (nSPS) is 14.9. The van der Waals surface area contributed by atoms with Gasteiger partial charge >= 0.3 is 0 Å². The molecular weight excluding hydrogens is 274 g/mol. The summed E-state index contributed by atoms with van der Waals surface area (Å²) in [5, 5.41) is 1.91. The van der Waals surface area contributed by atoms with Crippen molar-refractivity contribution < 1.29 is 4.79 Å². The van der Waals surface area contributed by atoms with Crippen molar-refractivity contribution in [2.24, 2.45) is 0 Å². The van der Waals surface area contributed by atoms with E-state index in [0.29, 0.717) is 0 Å². The molecule has 0 bridgehead atoms. The predicted molar refractivity (Wildman–Crippen MR) is 81.3 cm³/mol. The Morgan fingerprint density at radius 1 is 1.16 bits per heavy atom. The minimum Gasteiger partial charge on any atom is -0.337 e. The molecular formula is C15H15NOS2.